The van der Waals surface area contributed by atoms with Crippen LogP contribution in [0.1, 0.15) is 31.3 Å². The Balaban J connectivity index is 2.35. The van der Waals surface area contributed by atoms with Crippen molar-refractivity contribution in [3.05, 3.63) is 34.8 Å². The van der Waals surface area contributed by atoms with Crippen molar-refractivity contribution < 1.29 is 0 Å². The van der Waals surface area contributed by atoms with E-state index >= 15 is 0 Å². The SMILES string of the molecule is Cc1ccc(-c2nnc(C(C)(C)C)s2)cc1. The minimum atomic E-state index is 0.0839. The fourth-order valence-electron chi connectivity index (χ4n) is 1.34. The first-order valence-corrected chi connectivity index (χ1v) is 6.19. The summed E-state index contributed by atoms with van der Waals surface area (Å²) in [4.78, 5) is 0. The zero-order valence-electron chi connectivity index (χ0n) is 10.1. The molecule has 2 nitrogen and oxygen atoms in total. The maximum Gasteiger partial charge on any atom is 0.147 e. The molecule has 0 aliphatic heterocycles. The third kappa shape index (κ3) is 2.30. The van der Waals surface area contributed by atoms with Crippen molar-refractivity contribution in [2.24, 2.45) is 0 Å². The van der Waals surface area contributed by atoms with E-state index in [0.717, 1.165) is 15.6 Å². The molecule has 0 bridgehead atoms. The van der Waals surface area contributed by atoms with Gasteiger partial charge in [-0.25, -0.2) is 0 Å². The van der Waals surface area contributed by atoms with Gasteiger partial charge in [-0.2, -0.15) is 0 Å². The van der Waals surface area contributed by atoms with Crippen molar-refractivity contribution in [1.29, 1.82) is 0 Å². The van der Waals surface area contributed by atoms with Crippen LogP contribution in [0.25, 0.3) is 10.6 Å². The molecular weight excluding hydrogens is 216 g/mol. The van der Waals surface area contributed by atoms with Gasteiger partial charge in [-0.1, -0.05) is 61.9 Å². The molecule has 2 rings (SSSR count). The van der Waals surface area contributed by atoms with Crippen LogP contribution in [-0.2, 0) is 5.41 Å². The smallest absolute Gasteiger partial charge is 0.143 e. The molecule has 0 amide bonds. The molecule has 0 aliphatic carbocycles. The summed E-state index contributed by atoms with van der Waals surface area (Å²) in [6, 6.07) is 8.41. The Morgan fingerprint density at radius 1 is 1.00 bits per heavy atom. The highest BCUT2D eigenvalue weighted by atomic mass is 32.1. The molecule has 1 heterocycles. The Morgan fingerprint density at radius 2 is 1.62 bits per heavy atom. The molecular formula is C13H16N2S. The van der Waals surface area contributed by atoms with Crippen molar-refractivity contribution in [3.63, 3.8) is 0 Å². The standard InChI is InChI=1S/C13H16N2S/c1-9-5-7-10(8-6-9)11-14-15-12(16-11)13(2,3)4/h5-8H,1-4H3. The van der Waals surface area contributed by atoms with E-state index < -0.39 is 0 Å². The third-order valence-electron chi connectivity index (χ3n) is 2.37. The van der Waals surface area contributed by atoms with Crippen LogP contribution in [0.5, 0.6) is 0 Å². The molecule has 0 fully saturated rings. The first kappa shape index (κ1) is 11.3. The van der Waals surface area contributed by atoms with E-state index in [1.165, 1.54) is 5.56 Å². The zero-order valence-corrected chi connectivity index (χ0v) is 10.9. The number of aryl methyl sites for hydroxylation is 1. The van der Waals surface area contributed by atoms with Gasteiger partial charge in [-0.05, 0) is 6.92 Å². The van der Waals surface area contributed by atoms with Gasteiger partial charge in [0.15, 0.2) is 0 Å². The largest absolute Gasteiger partial charge is 0.147 e. The Hall–Kier alpha value is -1.22. The van der Waals surface area contributed by atoms with Crippen LogP contribution in [0, 0.1) is 6.92 Å². The van der Waals surface area contributed by atoms with Gasteiger partial charge in [0.05, 0.1) is 0 Å². The van der Waals surface area contributed by atoms with E-state index in [1.807, 2.05) is 0 Å². The number of aromatic nitrogens is 2. The molecule has 0 unspecified atom stereocenters. The van der Waals surface area contributed by atoms with Gasteiger partial charge in [0.25, 0.3) is 0 Å². The number of hydrogen-bond acceptors (Lipinski definition) is 3. The van der Waals surface area contributed by atoms with Crippen molar-refractivity contribution in [3.8, 4) is 10.6 Å². The van der Waals surface area contributed by atoms with Gasteiger partial charge >= 0.3 is 0 Å². The van der Waals surface area contributed by atoms with E-state index in [2.05, 4.69) is 62.2 Å². The van der Waals surface area contributed by atoms with Crippen molar-refractivity contribution in [2.45, 2.75) is 33.1 Å². The van der Waals surface area contributed by atoms with Crippen LogP contribution in [0.3, 0.4) is 0 Å². The number of benzene rings is 1. The fraction of sp³-hybridized carbons (Fsp3) is 0.385. The topological polar surface area (TPSA) is 25.8 Å². The van der Waals surface area contributed by atoms with Gasteiger partial charge in [0.2, 0.25) is 0 Å². The highest BCUT2D eigenvalue weighted by Crippen LogP contribution is 2.30. The summed E-state index contributed by atoms with van der Waals surface area (Å²) in [7, 11) is 0. The summed E-state index contributed by atoms with van der Waals surface area (Å²) >= 11 is 1.68. The second kappa shape index (κ2) is 3.98. The van der Waals surface area contributed by atoms with E-state index in [9.17, 15) is 0 Å². The average Bonchev–Trinajstić information content (AvgIpc) is 2.67. The van der Waals surface area contributed by atoms with Crippen LogP contribution in [0.4, 0.5) is 0 Å². The van der Waals surface area contributed by atoms with Crippen LogP contribution in [-0.4, -0.2) is 10.2 Å². The molecule has 0 spiro atoms. The predicted octanol–water partition coefficient (Wildman–Crippen LogP) is 3.81. The van der Waals surface area contributed by atoms with Gasteiger partial charge < -0.3 is 0 Å². The lowest BCUT2D eigenvalue weighted by Crippen LogP contribution is -2.10. The molecule has 0 aliphatic rings. The van der Waals surface area contributed by atoms with E-state index in [4.69, 9.17) is 0 Å². The summed E-state index contributed by atoms with van der Waals surface area (Å²) in [5.41, 5.74) is 2.50. The Kier molecular flexibility index (Phi) is 2.80. The molecule has 3 heteroatoms. The molecule has 16 heavy (non-hydrogen) atoms. The monoisotopic (exact) mass is 232 g/mol. The molecule has 2 aromatic rings. The minimum Gasteiger partial charge on any atom is -0.143 e. The maximum absolute atomic E-state index is 4.25. The maximum atomic E-state index is 4.25. The molecule has 0 saturated carbocycles. The van der Waals surface area contributed by atoms with Gasteiger partial charge in [0.1, 0.15) is 10.0 Å². The summed E-state index contributed by atoms with van der Waals surface area (Å²) < 4.78 is 0. The zero-order chi connectivity index (χ0) is 11.8. The van der Waals surface area contributed by atoms with Gasteiger partial charge in [-0.15, -0.1) is 10.2 Å². The summed E-state index contributed by atoms with van der Waals surface area (Å²) in [5, 5.41) is 10.6. The summed E-state index contributed by atoms with van der Waals surface area (Å²) in [6.45, 7) is 8.57. The number of hydrogen-bond donors (Lipinski definition) is 0. The van der Waals surface area contributed by atoms with Gasteiger partial charge in [0, 0.05) is 11.0 Å². The Bertz CT molecular complexity index is 477. The van der Waals surface area contributed by atoms with E-state index in [0.29, 0.717) is 0 Å². The van der Waals surface area contributed by atoms with E-state index in [-0.39, 0.29) is 5.41 Å². The van der Waals surface area contributed by atoms with Gasteiger partial charge in [-0.3, -0.25) is 0 Å². The van der Waals surface area contributed by atoms with E-state index in [1.54, 1.807) is 11.3 Å². The third-order valence-corrected chi connectivity index (χ3v) is 3.76. The van der Waals surface area contributed by atoms with Crippen LogP contribution in [0.2, 0.25) is 0 Å². The van der Waals surface area contributed by atoms with Crippen molar-refractivity contribution in [1.82, 2.24) is 10.2 Å². The quantitative estimate of drug-likeness (QED) is 0.747. The molecule has 0 N–H and O–H groups in total. The first-order chi connectivity index (χ1) is 7.47. The molecule has 0 atom stereocenters. The molecule has 0 radical (unpaired) electrons. The average molecular weight is 232 g/mol. The van der Waals surface area contributed by atoms with Crippen molar-refractivity contribution in [2.75, 3.05) is 0 Å². The van der Waals surface area contributed by atoms with Crippen LogP contribution in [0.15, 0.2) is 24.3 Å². The lowest BCUT2D eigenvalue weighted by Gasteiger charge is -2.12. The Labute approximate surface area is 100 Å². The lowest BCUT2D eigenvalue weighted by atomic mass is 9.98. The highest BCUT2D eigenvalue weighted by Gasteiger charge is 2.19. The second-order valence-electron chi connectivity index (χ2n) is 5.03. The minimum absolute atomic E-state index is 0.0839. The number of nitrogens with zero attached hydrogens (tertiary/aromatic N) is 2. The predicted molar refractivity (Wildman–Crippen MR) is 68.8 cm³/mol. The highest BCUT2D eigenvalue weighted by molar-refractivity contribution is 7.14. The van der Waals surface area contributed by atoms with Crippen molar-refractivity contribution >= 4 is 11.3 Å². The first-order valence-electron chi connectivity index (χ1n) is 5.38. The normalized spacial score (nSPS) is 11.8. The lowest BCUT2D eigenvalue weighted by molar-refractivity contribution is 0.578. The molecule has 0 saturated heterocycles. The molecule has 1 aromatic heterocycles. The fourth-order valence-corrected chi connectivity index (χ4v) is 2.25. The van der Waals surface area contributed by atoms with Crippen LogP contribution < -0.4 is 0 Å². The second-order valence-corrected chi connectivity index (χ2v) is 6.01. The molecule has 84 valence electrons. The summed E-state index contributed by atoms with van der Waals surface area (Å²) in [6.07, 6.45) is 0. The summed E-state index contributed by atoms with van der Waals surface area (Å²) in [5.74, 6) is 0. The molecule has 1 aromatic carbocycles. The Morgan fingerprint density at radius 3 is 2.12 bits per heavy atom. The van der Waals surface area contributed by atoms with Crippen LogP contribution >= 0.6 is 11.3 Å². The number of rotatable bonds is 1.